The molecule has 1 aliphatic rings. The van der Waals surface area contributed by atoms with Crippen LogP contribution in [0.2, 0.25) is 0 Å². The molecule has 3 aromatic heterocycles. The molecule has 1 saturated carbocycles. The summed E-state index contributed by atoms with van der Waals surface area (Å²) in [6.45, 7) is 4.67. The van der Waals surface area contributed by atoms with Crippen molar-refractivity contribution in [1.82, 2.24) is 29.9 Å². The Kier molecular flexibility index (Phi) is 4.95. The number of nitrogens with one attached hydrogen (secondary N) is 2. The topological polar surface area (TPSA) is 131 Å². The van der Waals surface area contributed by atoms with Crippen LogP contribution < -0.4 is 5.32 Å². The Labute approximate surface area is 167 Å². The monoisotopic (exact) mass is 399 g/mol. The Morgan fingerprint density at radius 3 is 2.76 bits per heavy atom. The molecule has 154 valence electrons. The van der Waals surface area contributed by atoms with Crippen molar-refractivity contribution in [2.45, 2.75) is 57.6 Å². The van der Waals surface area contributed by atoms with E-state index in [1.165, 1.54) is 7.11 Å². The van der Waals surface area contributed by atoms with E-state index >= 15 is 0 Å². The van der Waals surface area contributed by atoms with Gasteiger partial charge in [0.15, 0.2) is 17.1 Å². The lowest BCUT2D eigenvalue weighted by Gasteiger charge is -2.35. The van der Waals surface area contributed by atoms with Crippen LogP contribution in [-0.4, -0.2) is 53.7 Å². The second-order valence-corrected chi connectivity index (χ2v) is 7.49. The molecule has 0 aromatic carbocycles. The Morgan fingerprint density at radius 1 is 1.41 bits per heavy atom. The van der Waals surface area contributed by atoms with Gasteiger partial charge in [0.1, 0.15) is 11.6 Å². The predicted octanol–water partition coefficient (Wildman–Crippen LogP) is 2.75. The maximum atomic E-state index is 11.6. The summed E-state index contributed by atoms with van der Waals surface area (Å²) in [5, 5.41) is 25.3. The van der Waals surface area contributed by atoms with Crippen LogP contribution in [0, 0.1) is 6.92 Å². The molecular weight excluding hydrogens is 374 g/mol. The highest BCUT2D eigenvalue weighted by atomic mass is 16.5. The fourth-order valence-electron chi connectivity index (χ4n) is 3.86. The molecule has 0 aliphatic heterocycles. The van der Waals surface area contributed by atoms with E-state index in [0.717, 1.165) is 17.6 Å². The number of aromatic amines is 1. The number of fused-ring (bicyclic) bond motifs is 1. The van der Waals surface area contributed by atoms with Gasteiger partial charge in [0.2, 0.25) is 0 Å². The molecule has 1 fully saturated rings. The van der Waals surface area contributed by atoms with Gasteiger partial charge in [0.05, 0.1) is 5.39 Å². The quantitative estimate of drug-likeness (QED) is 0.577. The van der Waals surface area contributed by atoms with Gasteiger partial charge in [-0.25, -0.2) is 14.8 Å². The number of carboxylic acids is 1. The third-order valence-electron chi connectivity index (χ3n) is 5.66. The lowest BCUT2D eigenvalue weighted by molar-refractivity contribution is -0.166. The minimum Gasteiger partial charge on any atom is -0.479 e. The van der Waals surface area contributed by atoms with Crippen LogP contribution in [0.5, 0.6) is 0 Å². The van der Waals surface area contributed by atoms with Crippen LogP contribution in [0.3, 0.4) is 0 Å². The lowest BCUT2D eigenvalue weighted by atomic mass is 9.78. The molecule has 3 aromatic rings. The maximum absolute atomic E-state index is 11.6. The third kappa shape index (κ3) is 3.55. The van der Waals surface area contributed by atoms with E-state index in [1.54, 1.807) is 0 Å². The molecule has 0 spiro atoms. The third-order valence-corrected chi connectivity index (χ3v) is 5.66. The number of hydrogen-bond acceptors (Lipinski definition) is 7. The zero-order valence-electron chi connectivity index (χ0n) is 16.8. The Bertz CT molecular complexity index is 1030. The van der Waals surface area contributed by atoms with Crippen molar-refractivity contribution < 1.29 is 14.6 Å². The number of H-pyrrole nitrogens is 1. The minimum atomic E-state index is -1.11. The van der Waals surface area contributed by atoms with Crippen LogP contribution in [0.15, 0.2) is 12.3 Å². The molecular formula is C19H25N7O3. The lowest BCUT2D eigenvalue weighted by Crippen LogP contribution is -2.43. The highest BCUT2D eigenvalue weighted by molar-refractivity contribution is 5.87. The van der Waals surface area contributed by atoms with E-state index in [0.29, 0.717) is 48.8 Å². The number of aromatic nitrogens is 6. The first-order valence-corrected chi connectivity index (χ1v) is 9.77. The van der Waals surface area contributed by atoms with E-state index in [-0.39, 0.29) is 5.92 Å². The Hall–Kier alpha value is -3.01. The average Bonchev–Trinajstić information content (AvgIpc) is 3.33. The molecule has 0 radical (unpaired) electrons. The first-order chi connectivity index (χ1) is 13.9. The fraction of sp³-hybridized carbons (Fsp3) is 0.526. The summed E-state index contributed by atoms with van der Waals surface area (Å²) >= 11 is 0. The number of aryl methyl sites for hydroxylation is 2. The van der Waals surface area contributed by atoms with Crippen molar-refractivity contribution >= 4 is 28.6 Å². The van der Waals surface area contributed by atoms with E-state index in [2.05, 4.69) is 20.6 Å². The molecule has 3 heterocycles. The zero-order chi connectivity index (χ0) is 20.6. The zero-order valence-corrected chi connectivity index (χ0v) is 16.8. The molecule has 4 rings (SSSR count). The molecule has 0 saturated heterocycles. The molecule has 0 bridgehead atoms. The molecule has 10 nitrogen and oxygen atoms in total. The van der Waals surface area contributed by atoms with Gasteiger partial charge in [0.25, 0.3) is 0 Å². The van der Waals surface area contributed by atoms with E-state index < -0.39 is 11.6 Å². The first-order valence-electron chi connectivity index (χ1n) is 9.77. The number of nitrogens with zero attached hydrogens (tertiary/aromatic N) is 5. The molecule has 3 N–H and O–H groups in total. The van der Waals surface area contributed by atoms with Gasteiger partial charge in [-0.15, -0.1) is 0 Å². The Balaban J connectivity index is 1.67. The van der Waals surface area contributed by atoms with Gasteiger partial charge >= 0.3 is 5.97 Å². The highest BCUT2D eigenvalue weighted by Crippen LogP contribution is 2.39. The van der Waals surface area contributed by atoms with Gasteiger partial charge in [-0.3, -0.25) is 9.78 Å². The van der Waals surface area contributed by atoms with Crippen molar-refractivity contribution in [3.05, 3.63) is 23.8 Å². The molecule has 0 unspecified atom stereocenters. The van der Waals surface area contributed by atoms with Crippen LogP contribution in [0.1, 0.15) is 50.0 Å². The number of methoxy groups -OCH3 is 1. The largest absolute Gasteiger partial charge is 0.479 e. The van der Waals surface area contributed by atoms with Crippen molar-refractivity contribution in [2.24, 2.45) is 0 Å². The summed E-state index contributed by atoms with van der Waals surface area (Å²) < 4.78 is 7.16. The molecule has 0 amide bonds. The molecule has 29 heavy (non-hydrogen) atoms. The summed E-state index contributed by atoms with van der Waals surface area (Å²) in [7, 11) is 1.46. The summed E-state index contributed by atoms with van der Waals surface area (Å²) in [6.07, 6.45) is 4.05. The van der Waals surface area contributed by atoms with E-state index in [4.69, 9.17) is 14.7 Å². The predicted molar refractivity (Wildman–Crippen MR) is 106 cm³/mol. The van der Waals surface area contributed by atoms with E-state index in [1.807, 2.05) is 30.8 Å². The van der Waals surface area contributed by atoms with Gasteiger partial charge < -0.3 is 15.2 Å². The smallest absolute Gasteiger partial charge is 0.335 e. The first kappa shape index (κ1) is 19.3. The normalized spacial score (nSPS) is 22.1. The second kappa shape index (κ2) is 7.43. The van der Waals surface area contributed by atoms with E-state index in [9.17, 15) is 9.90 Å². The van der Waals surface area contributed by atoms with Crippen LogP contribution in [0.4, 0.5) is 11.6 Å². The summed E-state index contributed by atoms with van der Waals surface area (Å²) in [6, 6.07) is 1.90. The van der Waals surface area contributed by atoms with Crippen molar-refractivity contribution in [2.75, 3.05) is 12.4 Å². The average molecular weight is 399 g/mol. The highest BCUT2D eigenvalue weighted by Gasteiger charge is 2.43. The van der Waals surface area contributed by atoms with Crippen LogP contribution in [0.25, 0.3) is 11.0 Å². The molecule has 10 heteroatoms. The molecule has 0 atom stereocenters. The maximum Gasteiger partial charge on any atom is 0.335 e. The number of rotatable bonds is 6. The number of aliphatic carboxylic acids is 1. The van der Waals surface area contributed by atoms with Gasteiger partial charge in [-0.2, -0.15) is 10.2 Å². The van der Waals surface area contributed by atoms with Gasteiger partial charge in [-0.05, 0) is 39.5 Å². The van der Waals surface area contributed by atoms with Crippen molar-refractivity contribution in [3.8, 4) is 0 Å². The number of ether oxygens (including phenoxy) is 1. The van der Waals surface area contributed by atoms with Crippen molar-refractivity contribution in [1.29, 1.82) is 0 Å². The van der Waals surface area contributed by atoms with Crippen molar-refractivity contribution in [3.63, 3.8) is 0 Å². The fourth-order valence-corrected chi connectivity index (χ4v) is 3.86. The Morgan fingerprint density at radius 2 is 2.17 bits per heavy atom. The summed E-state index contributed by atoms with van der Waals surface area (Å²) in [5.74, 6) is 1.13. The molecule has 1 aliphatic carbocycles. The minimum absolute atomic E-state index is 0.0512. The number of carbonyl (C=O) groups is 1. The summed E-state index contributed by atoms with van der Waals surface area (Å²) in [5.41, 5.74) is 0.449. The number of anilines is 2. The summed E-state index contributed by atoms with van der Waals surface area (Å²) in [4.78, 5) is 21.1. The number of hydrogen-bond donors (Lipinski definition) is 3. The second-order valence-electron chi connectivity index (χ2n) is 7.49. The number of carboxylic acid groups (broad SMARTS) is 1. The van der Waals surface area contributed by atoms with Crippen LogP contribution in [-0.2, 0) is 16.1 Å². The SMILES string of the molecule is CCn1cc2c(Nc3cc(C)[nH]n3)nc(C3CCC(OC)(C(=O)O)CC3)nc2n1. The van der Waals surface area contributed by atoms with Gasteiger partial charge in [-0.1, -0.05) is 0 Å². The standard InChI is InChI=1S/C19H25N7O3/c1-4-26-10-13-16(20-14-9-11(2)23-24-14)21-15(22-17(13)25-26)12-5-7-19(29-3,8-6-12)18(27)28/h9-10,12H,4-8H2,1-3H3,(H,27,28)(H2,20,21,22,23,24,25). The van der Waals surface area contributed by atoms with Crippen LogP contribution >= 0.6 is 0 Å². The van der Waals surface area contributed by atoms with Gasteiger partial charge in [0, 0.05) is 37.5 Å².